The van der Waals surface area contributed by atoms with Gasteiger partial charge in [0, 0.05) is 74.3 Å². The van der Waals surface area contributed by atoms with E-state index in [0.717, 1.165) is 32.5 Å². The molecule has 0 aliphatic carbocycles. The molecule has 0 saturated carbocycles. The van der Waals surface area contributed by atoms with Gasteiger partial charge in [-0.3, -0.25) is 9.97 Å². The molecule has 0 bridgehead atoms. The summed E-state index contributed by atoms with van der Waals surface area (Å²) < 4.78 is 16.1. The van der Waals surface area contributed by atoms with E-state index < -0.39 is 8.80 Å². The lowest BCUT2D eigenvalue weighted by atomic mass is 10.1. The van der Waals surface area contributed by atoms with Crippen LogP contribution in [0.3, 0.4) is 0 Å². The van der Waals surface area contributed by atoms with E-state index in [1.54, 1.807) is 45.5 Å². The number of amides is 2. The fourth-order valence-corrected chi connectivity index (χ4v) is 5.99. The van der Waals surface area contributed by atoms with Gasteiger partial charge in [-0.2, -0.15) is 0 Å². The molecule has 8 nitrogen and oxygen atoms in total. The van der Waals surface area contributed by atoms with Gasteiger partial charge in [0.2, 0.25) is 0 Å². The van der Waals surface area contributed by atoms with Crippen molar-refractivity contribution in [1.82, 2.24) is 20.6 Å². The normalized spacial score (nSPS) is 11.7. The Labute approximate surface area is 187 Å². The highest BCUT2D eigenvalue weighted by Gasteiger charge is 2.36. The minimum atomic E-state index is -2.58. The third kappa shape index (κ3) is 5.92. The van der Waals surface area contributed by atoms with Crippen LogP contribution in [0.25, 0.3) is 21.8 Å². The second kappa shape index (κ2) is 11.4. The molecule has 2 amide bonds. The van der Waals surface area contributed by atoms with Gasteiger partial charge in [0.25, 0.3) is 0 Å². The van der Waals surface area contributed by atoms with Crippen LogP contribution in [0.15, 0.2) is 47.6 Å². The van der Waals surface area contributed by atoms with Crippen LogP contribution in [-0.4, -0.2) is 65.0 Å². The molecule has 0 radical (unpaired) electrons. The molecule has 0 saturated heterocycles. The van der Waals surface area contributed by atoms with E-state index in [0.29, 0.717) is 25.6 Å². The van der Waals surface area contributed by atoms with Crippen molar-refractivity contribution in [2.24, 2.45) is 0 Å². The third-order valence-electron chi connectivity index (χ3n) is 4.95. The molecular formula is C21H28N4O4SSi. The summed E-state index contributed by atoms with van der Waals surface area (Å²) in [4.78, 5) is 22.2. The molecule has 1 aromatic carbocycles. The highest BCUT2D eigenvalue weighted by molar-refractivity contribution is 7.99. The van der Waals surface area contributed by atoms with Crippen molar-refractivity contribution in [3.63, 3.8) is 0 Å². The molecule has 3 aromatic rings. The van der Waals surface area contributed by atoms with Crippen LogP contribution in [0.4, 0.5) is 4.79 Å². The summed E-state index contributed by atoms with van der Waals surface area (Å²) in [7, 11) is 2.17. The second-order valence-electron chi connectivity index (χ2n) is 6.78. The molecule has 0 aliphatic rings. The molecule has 2 aromatic heterocycles. The predicted molar refractivity (Wildman–Crippen MR) is 125 cm³/mol. The average Bonchev–Trinajstić information content (AvgIpc) is 2.82. The number of nitrogens with one attached hydrogen (secondary N) is 2. The van der Waals surface area contributed by atoms with Gasteiger partial charge < -0.3 is 23.9 Å². The van der Waals surface area contributed by atoms with Gasteiger partial charge in [-0.15, -0.1) is 11.8 Å². The predicted octanol–water partition coefficient (Wildman–Crippen LogP) is 3.44. The Morgan fingerprint density at radius 1 is 1.00 bits per heavy atom. The smallest absolute Gasteiger partial charge is 0.377 e. The summed E-state index contributed by atoms with van der Waals surface area (Å²) >= 11 is 1.69. The van der Waals surface area contributed by atoms with E-state index in [2.05, 4.69) is 32.7 Å². The van der Waals surface area contributed by atoms with Crippen molar-refractivity contribution in [2.45, 2.75) is 17.4 Å². The number of hydrogen-bond acceptors (Lipinski definition) is 7. The molecule has 31 heavy (non-hydrogen) atoms. The summed E-state index contributed by atoms with van der Waals surface area (Å²) in [6.45, 7) is 1.08. The maximum atomic E-state index is 12.0. The van der Waals surface area contributed by atoms with Crippen LogP contribution < -0.4 is 10.6 Å². The summed E-state index contributed by atoms with van der Waals surface area (Å²) in [5.74, 6) is 0.746. The summed E-state index contributed by atoms with van der Waals surface area (Å²) in [5.41, 5.74) is 1.80. The molecule has 2 heterocycles. The van der Waals surface area contributed by atoms with Crippen molar-refractivity contribution in [2.75, 3.05) is 40.2 Å². The zero-order valence-corrected chi connectivity index (χ0v) is 19.8. The minimum Gasteiger partial charge on any atom is -0.377 e. The van der Waals surface area contributed by atoms with Gasteiger partial charge in [0.15, 0.2) is 0 Å². The first kappa shape index (κ1) is 23.4. The number of urea groups is 1. The van der Waals surface area contributed by atoms with Gasteiger partial charge in [-0.05, 0) is 24.6 Å². The number of hydrogen-bond donors (Lipinski definition) is 2. The molecule has 0 unspecified atom stereocenters. The first-order valence-corrected chi connectivity index (χ1v) is 13.0. The maximum absolute atomic E-state index is 12.0. The number of carbonyl (C=O) groups is 1. The summed E-state index contributed by atoms with van der Waals surface area (Å²) in [6, 6.07) is 10.5. The van der Waals surface area contributed by atoms with Gasteiger partial charge in [0.05, 0.1) is 11.0 Å². The Hall–Kier alpha value is -2.24. The SMILES string of the molecule is CO[Si](CCCNC(=O)NCCSc1cc2cccnc2c2ncccc12)(OC)OC. The van der Waals surface area contributed by atoms with Gasteiger partial charge in [0.1, 0.15) is 0 Å². The van der Waals surface area contributed by atoms with Gasteiger partial charge in [-0.1, -0.05) is 12.1 Å². The van der Waals surface area contributed by atoms with Gasteiger partial charge >= 0.3 is 14.8 Å². The number of carbonyl (C=O) groups excluding carboxylic acids is 1. The molecular weight excluding hydrogens is 432 g/mol. The average molecular weight is 461 g/mol. The highest BCUT2D eigenvalue weighted by Crippen LogP contribution is 2.32. The zero-order chi connectivity index (χ0) is 22.1. The number of nitrogens with zero attached hydrogens (tertiary/aromatic N) is 2. The van der Waals surface area contributed by atoms with Gasteiger partial charge in [-0.25, -0.2) is 4.79 Å². The van der Waals surface area contributed by atoms with E-state index >= 15 is 0 Å². The van der Waals surface area contributed by atoms with Crippen molar-refractivity contribution in [3.05, 3.63) is 42.7 Å². The number of thioether (sulfide) groups is 1. The number of aromatic nitrogens is 2. The molecule has 0 fully saturated rings. The lowest BCUT2D eigenvalue weighted by molar-refractivity contribution is 0.123. The third-order valence-corrected chi connectivity index (χ3v) is 8.84. The Balaban J connectivity index is 1.46. The molecule has 10 heteroatoms. The quantitative estimate of drug-likeness (QED) is 0.196. The standard InChI is InChI=1S/C21H28N4O4SSi/c1-27-31(28-2,29-3)14-6-11-24-21(26)25-12-13-30-18-15-16-7-4-9-22-19(16)20-17(18)8-5-10-23-20/h4-5,7-10,15H,6,11-14H2,1-3H3,(H2,24,25,26). The maximum Gasteiger partial charge on any atom is 0.500 e. The molecule has 0 atom stereocenters. The summed E-state index contributed by atoms with van der Waals surface area (Å²) in [5, 5.41) is 7.89. The second-order valence-corrected chi connectivity index (χ2v) is 11.0. The molecule has 166 valence electrons. The van der Waals surface area contributed by atoms with Crippen LogP contribution in [0.5, 0.6) is 0 Å². The molecule has 0 aliphatic heterocycles. The lowest BCUT2D eigenvalue weighted by Crippen LogP contribution is -2.44. The Morgan fingerprint density at radius 3 is 2.42 bits per heavy atom. The summed E-state index contributed by atoms with van der Waals surface area (Å²) in [6.07, 6.45) is 4.29. The number of pyridine rings is 2. The number of rotatable bonds is 11. The van der Waals surface area contributed by atoms with Crippen molar-refractivity contribution >= 4 is 48.4 Å². The highest BCUT2D eigenvalue weighted by atomic mass is 32.2. The van der Waals surface area contributed by atoms with Crippen LogP contribution in [0.1, 0.15) is 6.42 Å². The van der Waals surface area contributed by atoms with Crippen LogP contribution in [0.2, 0.25) is 6.04 Å². The lowest BCUT2D eigenvalue weighted by Gasteiger charge is -2.24. The number of benzene rings is 1. The first-order chi connectivity index (χ1) is 15.1. The first-order valence-electron chi connectivity index (χ1n) is 10.0. The van der Waals surface area contributed by atoms with Crippen LogP contribution >= 0.6 is 11.8 Å². The Kier molecular flexibility index (Phi) is 8.61. The van der Waals surface area contributed by atoms with Crippen molar-refractivity contribution in [3.8, 4) is 0 Å². The minimum absolute atomic E-state index is 0.186. The fourth-order valence-electron chi connectivity index (χ4n) is 3.31. The van der Waals surface area contributed by atoms with E-state index in [-0.39, 0.29) is 6.03 Å². The van der Waals surface area contributed by atoms with E-state index in [9.17, 15) is 4.79 Å². The Bertz CT molecular complexity index is 1010. The zero-order valence-electron chi connectivity index (χ0n) is 18.0. The fraction of sp³-hybridized carbons (Fsp3) is 0.381. The van der Waals surface area contributed by atoms with Crippen LogP contribution in [0, 0.1) is 0 Å². The van der Waals surface area contributed by atoms with Crippen molar-refractivity contribution < 1.29 is 18.1 Å². The van der Waals surface area contributed by atoms with Crippen molar-refractivity contribution in [1.29, 1.82) is 0 Å². The molecule has 3 rings (SSSR count). The molecule has 2 N–H and O–H groups in total. The van der Waals surface area contributed by atoms with E-state index in [1.807, 2.05) is 18.2 Å². The van der Waals surface area contributed by atoms with E-state index in [1.165, 1.54) is 0 Å². The van der Waals surface area contributed by atoms with Crippen LogP contribution in [-0.2, 0) is 13.3 Å². The number of fused-ring (bicyclic) bond motifs is 3. The largest absolute Gasteiger partial charge is 0.500 e. The van der Waals surface area contributed by atoms with E-state index in [4.69, 9.17) is 13.3 Å². The molecule has 0 spiro atoms. The topological polar surface area (TPSA) is 94.6 Å². The monoisotopic (exact) mass is 460 g/mol. The Morgan fingerprint density at radius 2 is 1.68 bits per heavy atom.